The van der Waals surface area contributed by atoms with E-state index in [0.29, 0.717) is 6.42 Å². The number of carbonyl (C=O) groups is 2. The molecule has 0 aromatic heterocycles. The van der Waals surface area contributed by atoms with Gasteiger partial charge in [-0.3, -0.25) is 18.6 Å². The highest BCUT2D eigenvalue weighted by atomic mass is 31.2. The molecular weight excluding hydrogens is 1110 g/mol. The van der Waals surface area contributed by atoms with Gasteiger partial charge >= 0.3 is 19.8 Å². The predicted molar refractivity (Wildman–Crippen MR) is 380 cm³/mol. The van der Waals surface area contributed by atoms with E-state index in [9.17, 15) is 19.0 Å². The van der Waals surface area contributed by atoms with Crippen LogP contribution in [0, 0.1) is 0 Å². The second kappa shape index (κ2) is 72.0. The van der Waals surface area contributed by atoms with E-state index in [1.165, 1.54) is 148 Å². The monoisotopic (exact) mass is 1240 g/mol. The third-order valence-corrected chi connectivity index (χ3v) is 16.0. The molecule has 0 spiro atoms. The van der Waals surface area contributed by atoms with Gasteiger partial charge in [0.15, 0.2) is 6.10 Å². The van der Waals surface area contributed by atoms with Crippen LogP contribution in [0.1, 0.15) is 303 Å². The minimum absolute atomic E-state index is 0.0433. The van der Waals surface area contributed by atoms with Crippen LogP contribution >= 0.6 is 7.82 Å². The van der Waals surface area contributed by atoms with Crippen molar-refractivity contribution in [2.75, 3.05) is 26.4 Å². The molecule has 2 atom stereocenters. The van der Waals surface area contributed by atoms with E-state index in [2.05, 4.69) is 160 Å². The van der Waals surface area contributed by atoms with Crippen LogP contribution in [-0.4, -0.2) is 49.3 Å². The molecule has 0 rings (SSSR count). The van der Waals surface area contributed by atoms with Crippen molar-refractivity contribution in [3.63, 3.8) is 0 Å². The van der Waals surface area contributed by atoms with Crippen LogP contribution in [0.15, 0.2) is 146 Å². The summed E-state index contributed by atoms with van der Waals surface area (Å²) in [6, 6.07) is 0. The molecule has 3 N–H and O–H groups in total. The highest BCUT2D eigenvalue weighted by Crippen LogP contribution is 2.43. The van der Waals surface area contributed by atoms with Gasteiger partial charge in [-0.15, -0.1) is 0 Å². The molecule has 0 fully saturated rings. The van der Waals surface area contributed by atoms with Gasteiger partial charge in [0, 0.05) is 19.4 Å². The number of esters is 2. The van der Waals surface area contributed by atoms with Gasteiger partial charge in [0.1, 0.15) is 6.61 Å². The Morgan fingerprint density at radius 3 is 0.932 bits per heavy atom. The summed E-state index contributed by atoms with van der Waals surface area (Å²) in [5.74, 6) is -0.855. The van der Waals surface area contributed by atoms with Crippen molar-refractivity contribution in [1.29, 1.82) is 0 Å². The zero-order valence-electron chi connectivity index (χ0n) is 56.4. The Balaban J connectivity index is 4.00. The number of rotatable bonds is 66. The van der Waals surface area contributed by atoms with E-state index in [4.69, 9.17) is 24.3 Å². The van der Waals surface area contributed by atoms with Crippen LogP contribution in [0.5, 0.6) is 0 Å². The lowest BCUT2D eigenvalue weighted by Gasteiger charge is -2.19. The first-order chi connectivity index (χ1) is 43.3. The maximum atomic E-state index is 12.8. The summed E-state index contributed by atoms with van der Waals surface area (Å²) < 4.78 is 33.1. The lowest BCUT2D eigenvalue weighted by atomic mass is 10.0. The molecule has 0 aromatic rings. The van der Waals surface area contributed by atoms with Crippen molar-refractivity contribution in [1.82, 2.24) is 0 Å². The average Bonchev–Trinajstić information content (AvgIpc) is 3.52. The summed E-state index contributed by atoms with van der Waals surface area (Å²) in [7, 11) is -4.41. The zero-order valence-corrected chi connectivity index (χ0v) is 57.3. The van der Waals surface area contributed by atoms with Crippen molar-refractivity contribution >= 4 is 19.8 Å². The van der Waals surface area contributed by atoms with Crippen molar-refractivity contribution in [3.8, 4) is 0 Å². The quantitative estimate of drug-likeness (QED) is 0.0264. The van der Waals surface area contributed by atoms with Gasteiger partial charge in [0.2, 0.25) is 0 Å². The average molecular weight is 1240 g/mol. The Morgan fingerprint density at radius 1 is 0.352 bits per heavy atom. The van der Waals surface area contributed by atoms with Crippen LogP contribution in [-0.2, 0) is 32.7 Å². The van der Waals surface area contributed by atoms with E-state index in [0.717, 1.165) is 122 Å². The summed E-state index contributed by atoms with van der Waals surface area (Å²) in [4.78, 5) is 35.3. The fourth-order valence-electron chi connectivity index (χ4n) is 9.74. The molecule has 10 heteroatoms. The molecule has 0 aliphatic carbocycles. The summed E-state index contributed by atoms with van der Waals surface area (Å²) in [5, 5.41) is 0. The van der Waals surface area contributed by atoms with E-state index in [1.807, 2.05) is 0 Å². The molecule has 502 valence electrons. The van der Waals surface area contributed by atoms with Crippen LogP contribution in [0.4, 0.5) is 0 Å². The Kier molecular flexibility index (Phi) is 68.6. The largest absolute Gasteiger partial charge is 0.472 e. The number of allylic oxidation sites excluding steroid dienone is 24. The summed E-state index contributed by atoms with van der Waals surface area (Å²) in [5.41, 5.74) is 5.40. The molecule has 88 heavy (non-hydrogen) atoms. The number of unbranched alkanes of at least 4 members (excludes halogenated alkanes) is 29. The van der Waals surface area contributed by atoms with E-state index < -0.39 is 26.5 Å². The summed E-state index contributed by atoms with van der Waals surface area (Å²) in [6.07, 6.45) is 104. The lowest BCUT2D eigenvalue weighted by Crippen LogP contribution is -2.29. The first-order valence-electron chi connectivity index (χ1n) is 35.8. The molecule has 2 unspecified atom stereocenters. The fraction of sp³-hybridized carbons (Fsp3) is 0.667. The normalized spacial score (nSPS) is 13.8. The van der Waals surface area contributed by atoms with Crippen LogP contribution in [0.25, 0.3) is 0 Å². The zero-order chi connectivity index (χ0) is 63.7. The molecule has 0 saturated carbocycles. The molecule has 0 aromatic carbocycles. The summed E-state index contributed by atoms with van der Waals surface area (Å²) in [6.45, 7) is 3.62. The van der Waals surface area contributed by atoms with E-state index in [1.54, 1.807) is 0 Å². The molecular formula is C78H132NO8P. The van der Waals surface area contributed by atoms with Crippen LogP contribution < -0.4 is 5.73 Å². The maximum Gasteiger partial charge on any atom is 0.472 e. The highest BCUT2D eigenvalue weighted by molar-refractivity contribution is 7.47. The standard InChI is InChI=1S/C78H132NO8P/c1-3-5-7-9-11-13-15-17-19-21-23-25-27-29-31-32-33-34-35-36-37-38-39-40-41-42-43-44-45-47-49-51-53-55-57-59-61-63-65-67-69-71-78(81)87-76(75-86-88(82,83)85-73-72-79)74-84-77(80)70-68-66-64-62-60-58-56-54-52-50-48-46-30-28-26-24-22-20-18-16-14-12-10-8-6-4-2/h5,7,11,13,17,19,23,25,29,31,33-34,36-37,39-40,42-43,45,47,51,53,57,59,76H,3-4,6,8-10,12,14-16,18,20-22,24,26-28,30,32,35,38,41,44,46,48-50,52,54-56,58,60-75,79H2,1-2H3,(H,82,83)/b7-5-,13-11-,19-17-,25-23-,31-29-,34-33-,37-36-,40-39-,43-42-,47-45-,53-51-,59-57-. The van der Waals surface area contributed by atoms with Gasteiger partial charge in [-0.2, -0.15) is 0 Å². The molecule has 0 radical (unpaired) electrons. The third-order valence-electron chi connectivity index (χ3n) is 15.0. The molecule has 0 aliphatic rings. The van der Waals surface area contributed by atoms with Crippen LogP contribution in [0.2, 0.25) is 0 Å². The summed E-state index contributed by atoms with van der Waals surface area (Å²) >= 11 is 0. The Labute approximate surface area is 541 Å². The first-order valence-corrected chi connectivity index (χ1v) is 37.3. The minimum Gasteiger partial charge on any atom is -0.462 e. The number of hydrogen-bond donors (Lipinski definition) is 2. The van der Waals surface area contributed by atoms with Gasteiger partial charge in [0.05, 0.1) is 13.2 Å². The topological polar surface area (TPSA) is 134 Å². The Hall–Kier alpha value is -4.11. The maximum absolute atomic E-state index is 12.8. The van der Waals surface area contributed by atoms with Gasteiger partial charge < -0.3 is 20.1 Å². The molecule has 0 aliphatic heterocycles. The second-order valence-electron chi connectivity index (χ2n) is 23.4. The highest BCUT2D eigenvalue weighted by Gasteiger charge is 2.26. The van der Waals surface area contributed by atoms with E-state index in [-0.39, 0.29) is 38.6 Å². The van der Waals surface area contributed by atoms with Gasteiger partial charge in [-0.25, -0.2) is 4.57 Å². The van der Waals surface area contributed by atoms with Crippen molar-refractivity contribution < 1.29 is 37.6 Å². The molecule has 9 nitrogen and oxygen atoms in total. The molecule has 0 bridgehead atoms. The number of phosphoric acid groups is 1. The molecule has 0 heterocycles. The SMILES string of the molecule is CC/C=C\C/C=C\C/C=C\C/C=C\C/C=C\C/C=C\C/C=C\C/C=C\C/C=C\C/C=C\C/C=C\C/C=C\CCCCCCC(=O)OC(COC(=O)CCCCCCCCCCCCCCCCCCCCCCCCCCCC)COP(=O)(O)OCCN. The lowest BCUT2D eigenvalue weighted by molar-refractivity contribution is -0.161. The number of nitrogens with two attached hydrogens (primary N) is 1. The Bertz CT molecular complexity index is 1950. The minimum atomic E-state index is -4.41. The predicted octanol–water partition coefficient (Wildman–Crippen LogP) is 23.8. The number of carbonyl (C=O) groups excluding carboxylic acids is 2. The first kappa shape index (κ1) is 83.9. The van der Waals surface area contributed by atoms with Crippen molar-refractivity contribution in [2.24, 2.45) is 5.73 Å². The van der Waals surface area contributed by atoms with Gasteiger partial charge in [-0.1, -0.05) is 333 Å². The van der Waals surface area contributed by atoms with Crippen molar-refractivity contribution in [3.05, 3.63) is 146 Å². The smallest absolute Gasteiger partial charge is 0.462 e. The number of hydrogen-bond acceptors (Lipinski definition) is 8. The number of phosphoric ester groups is 1. The van der Waals surface area contributed by atoms with Gasteiger partial charge in [0.25, 0.3) is 0 Å². The molecule has 0 saturated heterocycles. The third kappa shape index (κ3) is 71.0. The van der Waals surface area contributed by atoms with Gasteiger partial charge in [-0.05, 0) is 103 Å². The Morgan fingerprint density at radius 2 is 0.625 bits per heavy atom. The molecule has 0 amide bonds. The number of ether oxygens (including phenoxy) is 2. The van der Waals surface area contributed by atoms with E-state index >= 15 is 0 Å². The fourth-order valence-corrected chi connectivity index (χ4v) is 10.5. The second-order valence-corrected chi connectivity index (χ2v) is 24.8. The van der Waals surface area contributed by atoms with Crippen molar-refractivity contribution in [2.45, 2.75) is 309 Å². The van der Waals surface area contributed by atoms with Crippen LogP contribution in [0.3, 0.4) is 0 Å².